The van der Waals surface area contributed by atoms with Crippen molar-refractivity contribution in [2.45, 2.75) is 38.3 Å². The first-order chi connectivity index (χ1) is 10.8. The van der Waals surface area contributed by atoms with E-state index in [4.69, 9.17) is 9.47 Å². The lowest BCUT2D eigenvalue weighted by molar-refractivity contribution is 0.198. The lowest BCUT2D eigenvalue weighted by atomic mass is 10.1. The van der Waals surface area contributed by atoms with Crippen LogP contribution in [0, 0.1) is 0 Å². The summed E-state index contributed by atoms with van der Waals surface area (Å²) >= 11 is 0. The fourth-order valence-electron chi connectivity index (χ4n) is 3.07. The van der Waals surface area contributed by atoms with Crippen LogP contribution in [-0.4, -0.2) is 44.2 Å². The average molecular weight is 303 g/mol. The van der Waals surface area contributed by atoms with Gasteiger partial charge < -0.3 is 19.7 Å². The molecule has 120 valence electrons. The topological polar surface area (TPSA) is 46.1 Å². The Morgan fingerprint density at radius 3 is 2.82 bits per heavy atom. The third kappa shape index (κ3) is 3.29. The van der Waals surface area contributed by atoms with Crippen LogP contribution in [0.4, 0.5) is 0 Å². The molecule has 2 aliphatic rings. The van der Waals surface area contributed by atoms with E-state index in [0.29, 0.717) is 12.6 Å². The van der Waals surface area contributed by atoms with E-state index in [-0.39, 0.29) is 0 Å². The summed E-state index contributed by atoms with van der Waals surface area (Å²) in [6.45, 7) is 2.54. The number of nitrogens with zero attached hydrogens (tertiary/aromatic N) is 2. The van der Waals surface area contributed by atoms with Crippen molar-refractivity contribution in [2.75, 3.05) is 27.2 Å². The van der Waals surface area contributed by atoms with Gasteiger partial charge in [-0.25, -0.2) is 0 Å². The summed E-state index contributed by atoms with van der Waals surface area (Å²) < 4.78 is 11.7. The van der Waals surface area contributed by atoms with Crippen LogP contribution >= 0.6 is 0 Å². The van der Waals surface area contributed by atoms with Gasteiger partial charge in [-0.15, -0.1) is 0 Å². The summed E-state index contributed by atoms with van der Waals surface area (Å²) in [6, 6.07) is 6.07. The van der Waals surface area contributed by atoms with Gasteiger partial charge in [-0.1, -0.05) is 12.1 Å². The number of benzene rings is 1. The van der Waals surface area contributed by atoms with Crippen LogP contribution in [0.25, 0.3) is 0 Å². The molecule has 1 saturated carbocycles. The first kappa shape index (κ1) is 15.0. The molecule has 0 amide bonds. The van der Waals surface area contributed by atoms with Crippen molar-refractivity contribution in [2.24, 2.45) is 4.99 Å². The van der Waals surface area contributed by atoms with Gasteiger partial charge in [0.25, 0.3) is 0 Å². The number of guanidine groups is 1. The van der Waals surface area contributed by atoms with Crippen LogP contribution in [0.15, 0.2) is 23.2 Å². The van der Waals surface area contributed by atoms with Crippen LogP contribution in [0.1, 0.15) is 31.2 Å². The SMILES string of the molecule is COc1cccc(CNC2=NCCN2C)c1OC1CCCC1. The largest absolute Gasteiger partial charge is 0.493 e. The van der Waals surface area contributed by atoms with Crippen LogP contribution in [-0.2, 0) is 6.54 Å². The van der Waals surface area contributed by atoms with Crippen molar-refractivity contribution in [1.29, 1.82) is 0 Å². The quantitative estimate of drug-likeness (QED) is 0.907. The highest BCUT2D eigenvalue weighted by Crippen LogP contribution is 2.34. The number of ether oxygens (including phenoxy) is 2. The fraction of sp³-hybridized carbons (Fsp3) is 0.588. The molecule has 3 rings (SSSR count). The number of rotatable bonds is 5. The molecular formula is C17H25N3O2. The molecule has 1 aromatic rings. The van der Waals surface area contributed by atoms with Crippen LogP contribution in [0.5, 0.6) is 11.5 Å². The molecule has 0 radical (unpaired) electrons. The van der Waals surface area contributed by atoms with Gasteiger partial charge in [-0.3, -0.25) is 4.99 Å². The monoisotopic (exact) mass is 303 g/mol. The molecular weight excluding hydrogens is 278 g/mol. The van der Waals surface area contributed by atoms with Gasteiger partial charge >= 0.3 is 0 Å². The summed E-state index contributed by atoms with van der Waals surface area (Å²) in [5.41, 5.74) is 1.12. The Bertz CT molecular complexity index is 539. The average Bonchev–Trinajstić information content (AvgIpc) is 3.18. The highest BCUT2D eigenvalue weighted by molar-refractivity contribution is 5.81. The number of para-hydroxylation sites is 1. The second-order valence-corrected chi connectivity index (χ2v) is 5.95. The molecule has 0 aromatic heterocycles. The summed E-state index contributed by atoms with van der Waals surface area (Å²) in [5, 5.41) is 3.40. The Kier molecular flexibility index (Phi) is 4.71. The van der Waals surface area contributed by atoms with E-state index in [1.165, 1.54) is 12.8 Å². The van der Waals surface area contributed by atoms with Gasteiger partial charge in [0.1, 0.15) is 0 Å². The van der Waals surface area contributed by atoms with Crippen molar-refractivity contribution in [3.8, 4) is 11.5 Å². The van der Waals surface area contributed by atoms with E-state index in [1.54, 1.807) is 7.11 Å². The second kappa shape index (κ2) is 6.90. The molecule has 0 unspecified atom stereocenters. The van der Waals surface area contributed by atoms with Gasteiger partial charge in [0, 0.05) is 25.7 Å². The first-order valence-electron chi connectivity index (χ1n) is 8.10. The van der Waals surface area contributed by atoms with Crippen molar-refractivity contribution in [1.82, 2.24) is 10.2 Å². The third-order valence-corrected chi connectivity index (χ3v) is 4.36. The Labute approximate surface area is 132 Å². The molecule has 1 aliphatic heterocycles. The third-order valence-electron chi connectivity index (χ3n) is 4.36. The summed E-state index contributed by atoms with van der Waals surface area (Å²) in [7, 11) is 3.75. The van der Waals surface area contributed by atoms with E-state index in [2.05, 4.69) is 28.3 Å². The molecule has 0 spiro atoms. The van der Waals surface area contributed by atoms with Crippen LogP contribution in [0.3, 0.4) is 0 Å². The Balaban J connectivity index is 1.73. The van der Waals surface area contributed by atoms with Crippen LogP contribution in [0.2, 0.25) is 0 Å². The van der Waals surface area contributed by atoms with Gasteiger partial charge in [-0.2, -0.15) is 0 Å². The molecule has 22 heavy (non-hydrogen) atoms. The van der Waals surface area contributed by atoms with Crippen molar-refractivity contribution in [3.05, 3.63) is 23.8 Å². The second-order valence-electron chi connectivity index (χ2n) is 5.95. The maximum absolute atomic E-state index is 6.25. The van der Waals surface area contributed by atoms with Gasteiger partial charge in [0.05, 0.1) is 19.8 Å². The lowest BCUT2D eigenvalue weighted by Gasteiger charge is -2.20. The van der Waals surface area contributed by atoms with Crippen molar-refractivity contribution in [3.63, 3.8) is 0 Å². The summed E-state index contributed by atoms with van der Waals surface area (Å²) in [5.74, 6) is 2.65. The van der Waals surface area contributed by atoms with Crippen molar-refractivity contribution < 1.29 is 9.47 Å². The zero-order valence-electron chi connectivity index (χ0n) is 13.5. The maximum Gasteiger partial charge on any atom is 0.194 e. The Hall–Kier alpha value is -1.91. The predicted octanol–water partition coefficient (Wildman–Crippen LogP) is 2.41. The first-order valence-corrected chi connectivity index (χ1v) is 8.10. The number of nitrogens with one attached hydrogen (secondary N) is 1. The number of hydrogen-bond acceptors (Lipinski definition) is 5. The molecule has 0 bridgehead atoms. The molecule has 5 heteroatoms. The minimum absolute atomic E-state index is 0.321. The van der Waals surface area contributed by atoms with E-state index in [1.807, 2.05) is 12.1 Å². The summed E-state index contributed by atoms with van der Waals surface area (Å²) in [6.07, 6.45) is 5.12. The normalized spacial score (nSPS) is 18.5. The highest BCUT2D eigenvalue weighted by Gasteiger charge is 2.21. The Morgan fingerprint density at radius 1 is 1.32 bits per heavy atom. The molecule has 1 aliphatic carbocycles. The fourth-order valence-corrected chi connectivity index (χ4v) is 3.07. The minimum atomic E-state index is 0.321. The molecule has 1 N–H and O–H groups in total. The van der Waals surface area contributed by atoms with Gasteiger partial charge in [0.2, 0.25) is 0 Å². The zero-order valence-corrected chi connectivity index (χ0v) is 13.5. The molecule has 1 aromatic carbocycles. The van der Waals surface area contributed by atoms with Gasteiger partial charge in [-0.05, 0) is 31.7 Å². The molecule has 0 atom stereocenters. The number of hydrogen-bond donors (Lipinski definition) is 1. The molecule has 1 heterocycles. The van der Waals surface area contributed by atoms with E-state index in [9.17, 15) is 0 Å². The van der Waals surface area contributed by atoms with E-state index in [0.717, 1.165) is 49.0 Å². The maximum atomic E-state index is 6.25. The van der Waals surface area contributed by atoms with Gasteiger partial charge in [0.15, 0.2) is 17.5 Å². The number of aliphatic imine (C=N–C) groups is 1. The van der Waals surface area contributed by atoms with E-state index >= 15 is 0 Å². The molecule has 5 nitrogen and oxygen atoms in total. The summed E-state index contributed by atoms with van der Waals surface area (Å²) in [4.78, 5) is 6.60. The molecule has 0 saturated heterocycles. The Morgan fingerprint density at radius 2 is 2.14 bits per heavy atom. The van der Waals surface area contributed by atoms with Crippen molar-refractivity contribution >= 4 is 5.96 Å². The highest BCUT2D eigenvalue weighted by atomic mass is 16.5. The molecule has 1 fully saturated rings. The number of methoxy groups -OCH3 is 1. The standard InChI is InChI=1S/C17H25N3O2/c1-20-11-10-18-17(20)19-12-13-6-5-9-15(21-2)16(13)22-14-7-3-4-8-14/h5-6,9,14H,3-4,7-8,10-12H2,1-2H3,(H,18,19). The lowest BCUT2D eigenvalue weighted by Crippen LogP contribution is -2.35. The minimum Gasteiger partial charge on any atom is -0.493 e. The number of likely N-dealkylation sites (N-methyl/N-ethyl adjacent to an activating group) is 1. The smallest absolute Gasteiger partial charge is 0.194 e. The zero-order chi connectivity index (χ0) is 15.4. The van der Waals surface area contributed by atoms with E-state index < -0.39 is 0 Å². The van der Waals surface area contributed by atoms with Crippen LogP contribution < -0.4 is 14.8 Å². The predicted molar refractivity (Wildman–Crippen MR) is 87.6 cm³/mol.